The maximum atomic E-state index is 13.9. The highest BCUT2D eigenvalue weighted by Gasteiger charge is 2.40. The number of carbonyl (C=O) groups excluding carboxylic acids is 1. The van der Waals surface area contributed by atoms with Crippen molar-refractivity contribution in [1.82, 2.24) is 25.2 Å². The predicted molar refractivity (Wildman–Crippen MR) is 113 cm³/mol. The van der Waals surface area contributed by atoms with E-state index < -0.39 is 47.8 Å². The van der Waals surface area contributed by atoms with Crippen molar-refractivity contribution in [3.63, 3.8) is 0 Å². The number of hydrogen-bond acceptors (Lipinski definition) is 7. The fraction of sp³-hybridized carbons (Fsp3) is 0.136. The molecule has 0 aliphatic carbocycles. The summed E-state index contributed by atoms with van der Waals surface area (Å²) in [5.74, 6) is -2.60. The highest BCUT2D eigenvalue weighted by molar-refractivity contribution is 5.85. The van der Waals surface area contributed by atoms with Gasteiger partial charge in [-0.05, 0) is 17.7 Å². The maximum absolute atomic E-state index is 13.9. The molecule has 0 fully saturated rings. The Bertz CT molecular complexity index is 1350. The van der Waals surface area contributed by atoms with Crippen molar-refractivity contribution >= 4 is 11.9 Å². The minimum atomic E-state index is -4.77. The minimum absolute atomic E-state index is 0.0306. The fourth-order valence-corrected chi connectivity index (χ4v) is 3.22. The molecule has 1 amide bonds. The van der Waals surface area contributed by atoms with E-state index in [1.54, 1.807) is 18.2 Å². The number of halogens is 3. The van der Waals surface area contributed by atoms with Crippen LogP contribution in [0.1, 0.15) is 17.4 Å². The third-order valence-electron chi connectivity index (χ3n) is 4.84. The summed E-state index contributed by atoms with van der Waals surface area (Å²) >= 11 is 0. The summed E-state index contributed by atoms with van der Waals surface area (Å²) in [7, 11) is 0. The number of nitrogens with zero attached hydrogens (tertiary/aromatic N) is 4. The molecule has 0 saturated heterocycles. The highest BCUT2D eigenvalue weighted by atomic mass is 19.4. The Morgan fingerprint density at radius 2 is 1.77 bits per heavy atom. The van der Waals surface area contributed by atoms with Crippen LogP contribution in [-0.4, -0.2) is 48.6 Å². The van der Waals surface area contributed by atoms with Gasteiger partial charge in [0.05, 0.1) is 17.4 Å². The molecule has 2 aromatic carbocycles. The van der Waals surface area contributed by atoms with Crippen molar-refractivity contribution < 1.29 is 37.5 Å². The number of aromatic nitrogens is 4. The summed E-state index contributed by atoms with van der Waals surface area (Å²) in [5.41, 5.74) is -0.783. The molecule has 0 spiro atoms. The first kappa shape index (κ1) is 23.6. The monoisotopic (exact) mass is 487 g/mol. The zero-order valence-electron chi connectivity index (χ0n) is 17.6. The third kappa shape index (κ3) is 5.04. The molecule has 0 radical (unpaired) electrons. The van der Waals surface area contributed by atoms with Gasteiger partial charge < -0.3 is 20.1 Å². The molecule has 0 aliphatic rings. The summed E-state index contributed by atoms with van der Waals surface area (Å²) < 4.78 is 47.5. The first-order valence-corrected chi connectivity index (χ1v) is 9.98. The Hall–Kier alpha value is -4.52. The second-order valence-electron chi connectivity index (χ2n) is 7.21. The smallest absolute Gasteiger partial charge is 0.434 e. The van der Waals surface area contributed by atoms with Crippen molar-refractivity contribution in [2.24, 2.45) is 0 Å². The number of rotatable bonds is 7. The van der Waals surface area contributed by atoms with E-state index in [2.05, 4.69) is 20.6 Å². The van der Waals surface area contributed by atoms with Gasteiger partial charge in [-0.3, -0.25) is 9.59 Å². The van der Waals surface area contributed by atoms with Gasteiger partial charge in [-0.25, -0.2) is 4.68 Å². The van der Waals surface area contributed by atoms with Crippen LogP contribution in [0.25, 0.3) is 28.5 Å². The zero-order chi connectivity index (χ0) is 25.2. The van der Waals surface area contributed by atoms with E-state index in [1.807, 2.05) is 0 Å². The second kappa shape index (κ2) is 9.38. The number of carboxylic acid groups (broad SMARTS) is 1. The summed E-state index contributed by atoms with van der Waals surface area (Å²) in [6.07, 6.45) is -5.40. The number of hydrogen-bond donors (Lipinski definition) is 3. The molecule has 10 nitrogen and oxygen atoms in total. The molecular formula is C22H16F3N5O5. The number of aliphatic hydroxyl groups is 1. The zero-order valence-corrected chi connectivity index (χ0v) is 17.6. The van der Waals surface area contributed by atoms with E-state index in [9.17, 15) is 27.9 Å². The quantitative estimate of drug-likeness (QED) is 0.361. The fourth-order valence-electron chi connectivity index (χ4n) is 3.22. The number of amides is 1. The maximum Gasteiger partial charge on any atom is 0.434 e. The summed E-state index contributed by atoms with van der Waals surface area (Å²) in [6.45, 7) is -0.652. The van der Waals surface area contributed by atoms with Gasteiger partial charge in [-0.1, -0.05) is 47.6 Å². The minimum Gasteiger partial charge on any atom is -0.480 e. The molecule has 0 aliphatic heterocycles. The summed E-state index contributed by atoms with van der Waals surface area (Å²) in [4.78, 5) is 26.4. The van der Waals surface area contributed by atoms with Crippen molar-refractivity contribution in [3.8, 4) is 28.5 Å². The molecular weight excluding hydrogens is 471 g/mol. The van der Waals surface area contributed by atoms with E-state index in [0.29, 0.717) is 5.56 Å². The van der Waals surface area contributed by atoms with Crippen LogP contribution in [0, 0.1) is 0 Å². The largest absolute Gasteiger partial charge is 0.480 e. The van der Waals surface area contributed by atoms with Crippen molar-refractivity contribution in [2.45, 2.75) is 12.3 Å². The topological polar surface area (TPSA) is 143 Å². The molecule has 0 bridgehead atoms. The van der Waals surface area contributed by atoms with E-state index >= 15 is 0 Å². The Labute approximate surface area is 194 Å². The van der Waals surface area contributed by atoms with Crippen LogP contribution in [0.3, 0.4) is 0 Å². The Morgan fingerprint density at radius 3 is 2.40 bits per heavy atom. The molecule has 0 saturated carbocycles. The van der Waals surface area contributed by atoms with Gasteiger partial charge in [-0.15, -0.1) is 0 Å². The van der Waals surface area contributed by atoms with Crippen LogP contribution < -0.4 is 5.32 Å². The normalized spacial score (nSPS) is 12.3. The lowest BCUT2D eigenvalue weighted by molar-refractivity contribution is -0.142. The molecule has 4 aromatic rings. The third-order valence-corrected chi connectivity index (χ3v) is 4.84. The number of nitrogens with one attached hydrogen (secondary N) is 1. The van der Waals surface area contributed by atoms with Gasteiger partial charge in [0.1, 0.15) is 6.54 Å². The SMILES string of the molecule is O=C(O)CNC(=O)[C@H](O)c1ccc(-c2noc(-c3cnn(-c4ccccc4)c3C(F)(F)F)n2)cc1. The van der Waals surface area contributed by atoms with Crippen molar-refractivity contribution in [3.05, 3.63) is 72.1 Å². The van der Waals surface area contributed by atoms with E-state index in [-0.39, 0.29) is 17.1 Å². The van der Waals surface area contributed by atoms with Gasteiger partial charge in [-0.2, -0.15) is 23.3 Å². The Balaban J connectivity index is 1.60. The molecule has 2 heterocycles. The molecule has 35 heavy (non-hydrogen) atoms. The molecule has 3 N–H and O–H groups in total. The number of aliphatic hydroxyl groups excluding tert-OH is 1. The van der Waals surface area contributed by atoms with E-state index in [1.165, 1.54) is 36.4 Å². The first-order chi connectivity index (χ1) is 16.6. The number of benzene rings is 2. The number of alkyl halides is 3. The van der Waals surface area contributed by atoms with E-state index in [4.69, 9.17) is 9.63 Å². The van der Waals surface area contributed by atoms with Crippen molar-refractivity contribution in [1.29, 1.82) is 0 Å². The number of para-hydroxylation sites is 1. The molecule has 13 heteroatoms. The lowest BCUT2D eigenvalue weighted by Crippen LogP contribution is -2.33. The summed E-state index contributed by atoms with van der Waals surface area (Å²) in [5, 5.41) is 28.3. The molecule has 2 aromatic heterocycles. The number of carbonyl (C=O) groups is 2. The standard InChI is InChI=1S/C22H16F3N5O5/c23-22(24,25)18-15(10-27-30(18)14-4-2-1-3-5-14)21-28-19(29-35-21)13-8-6-12(7-9-13)17(33)20(34)26-11-16(31)32/h1-10,17,33H,11H2,(H,26,34)(H,31,32)/t17-/m1/s1. The van der Waals surface area contributed by atoms with Crippen LogP contribution in [0.4, 0.5) is 13.2 Å². The number of carboxylic acids is 1. The lowest BCUT2D eigenvalue weighted by atomic mass is 10.1. The van der Waals surface area contributed by atoms with Gasteiger partial charge in [0, 0.05) is 5.56 Å². The van der Waals surface area contributed by atoms with Crippen LogP contribution in [-0.2, 0) is 15.8 Å². The molecule has 180 valence electrons. The average Bonchev–Trinajstić information content (AvgIpc) is 3.50. The van der Waals surface area contributed by atoms with Crippen LogP contribution in [0.2, 0.25) is 0 Å². The summed E-state index contributed by atoms with van der Waals surface area (Å²) in [6, 6.07) is 13.4. The van der Waals surface area contributed by atoms with Gasteiger partial charge >= 0.3 is 12.1 Å². The molecule has 4 rings (SSSR count). The number of aliphatic carboxylic acids is 1. The lowest BCUT2D eigenvalue weighted by Gasteiger charge is -2.11. The Kier molecular flexibility index (Phi) is 6.34. The van der Waals surface area contributed by atoms with E-state index in [0.717, 1.165) is 10.9 Å². The van der Waals surface area contributed by atoms with Crippen LogP contribution in [0.5, 0.6) is 0 Å². The Morgan fingerprint density at radius 1 is 1.09 bits per heavy atom. The van der Waals surface area contributed by atoms with Crippen molar-refractivity contribution in [2.75, 3.05) is 6.54 Å². The van der Waals surface area contributed by atoms with Gasteiger partial charge in [0.2, 0.25) is 5.82 Å². The second-order valence-corrected chi connectivity index (χ2v) is 7.21. The molecule has 0 unspecified atom stereocenters. The average molecular weight is 487 g/mol. The van der Waals surface area contributed by atoms with Crippen LogP contribution in [0.15, 0.2) is 65.3 Å². The predicted octanol–water partition coefficient (Wildman–Crippen LogP) is 2.84. The van der Waals surface area contributed by atoms with Gasteiger partial charge in [0.25, 0.3) is 11.8 Å². The van der Waals surface area contributed by atoms with Crippen LogP contribution >= 0.6 is 0 Å². The van der Waals surface area contributed by atoms with Gasteiger partial charge in [0.15, 0.2) is 11.8 Å². The highest BCUT2D eigenvalue weighted by Crippen LogP contribution is 2.38. The first-order valence-electron chi connectivity index (χ1n) is 9.98. The molecule has 1 atom stereocenters.